The summed E-state index contributed by atoms with van der Waals surface area (Å²) >= 11 is 0. The first-order valence-electron chi connectivity index (χ1n) is 9.29. The fraction of sp³-hybridized carbons (Fsp3) is 0.350. The third-order valence-corrected chi connectivity index (χ3v) is 5.12. The summed E-state index contributed by atoms with van der Waals surface area (Å²) in [6, 6.07) is 11.1. The molecule has 3 aromatic rings. The number of carbonyl (C=O) groups excluding carboxylic acids is 1. The van der Waals surface area contributed by atoms with Crippen molar-refractivity contribution in [3.8, 4) is 5.69 Å². The summed E-state index contributed by atoms with van der Waals surface area (Å²) in [5.74, 6) is -0.236. The van der Waals surface area contributed by atoms with Gasteiger partial charge in [0.05, 0.1) is 17.9 Å². The molecule has 140 valence electrons. The predicted molar refractivity (Wildman–Crippen MR) is 102 cm³/mol. The summed E-state index contributed by atoms with van der Waals surface area (Å²) in [6.07, 6.45) is 7.71. The van der Waals surface area contributed by atoms with Gasteiger partial charge in [0.25, 0.3) is 11.5 Å². The number of aromatic nitrogens is 4. The van der Waals surface area contributed by atoms with E-state index in [1.54, 1.807) is 0 Å². The maximum Gasteiger partial charge on any atom is 0.271 e. The van der Waals surface area contributed by atoms with Crippen molar-refractivity contribution < 1.29 is 4.79 Å². The first-order chi connectivity index (χ1) is 13.1. The van der Waals surface area contributed by atoms with Crippen molar-refractivity contribution in [1.82, 2.24) is 24.9 Å². The highest BCUT2D eigenvalue weighted by Crippen LogP contribution is 2.28. The summed E-state index contributed by atoms with van der Waals surface area (Å²) in [5, 5.41) is 10.4. The Morgan fingerprint density at radius 2 is 1.93 bits per heavy atom. The van der Waals surface area contributed by atoms with Crippen molar-refractivity contribution in [2.24, 2.45) is 0 Å². The average Bonchev–Trinajstić information content (AvgIpc) is 3.29. The van der Waals surface area contributed by atoms with Crippen molar-refractivity contribution >= 4 is 5.91 Å². The predicted octanol–water partition coefficient (Wildman–Crippen LogP) is 2.58. The number of hydrogen-bond acceptors (Lipinski definition) is 3. The van der Waals surface area contributed by atoms with Gasteiger partial charge >= 0.3 is 0 Å². The lowest BCUT2D eigenvalue weighted by Gasteiger charge is -2.29. The Morgan fingerprint density at radius 1 is 1.19 bits per heavy atom. The van der Waals surface area contributed by atoms with Gasteiger partial charge in [-0.1, -0.05) is 18.2 Å². The third kappa shape index (κ3) is 3.72. The zero-order valence-electron chi connectivity index (χ0n) is 15.3. The second-order valence-electron chi connectivity index (χ2n) is 7.16. The van der Waals surface area contributed by atoms with Gasteiger partial charge in [-0.05, 0) is 50.3 Å². The van der Waals surface area contributed by atoms with Crippen molar-refractivity contribution in [3.63, 3.8) is 0 Å². The molecule has 1 fully saturated rings. The van der Waals surface area contributed by atoms with E-state index in [1.165, 1.54) is 10.7 Å². The number of carbonyl (C=O) groups is 1. The van der Waals surface area contributed by atoms with E-state index < -0.39 is 0 Å². The van der Waals surface area contributed by atoms with E-state index in [2.05, 4.69) is 21.7 Å². The van der Waals surface area contributed by atoms with Gasteiger partial charge in [-0.3, -0.25) is 19.4 Å². The molecular formula is C20H23N5O2. The average molecular weight is 365 g/mol. The van der Waals surface area contributed by atoms with Gasteiger partial charge in [-0.15, -0.1) is 0 Å². The second kappa shape index (κ2) is 7.26. The van der Waals surface area contributed by atoms with Gasteiger partial charge in [0.15, 0.2) is 0 Å². The van der Waals surface area contributed by atoms with Crippen LogP contribution in [0.15, 0.2) is 53.6 Å². The molecule has 0 aliphatic heterocycles. The van der Waals surface area contributed by atoms with Gasteiger partial charge in [0.1, 0.15) is 5.69 Å². The van der Waals surface area contributed by atoms with Crippen LogP contribution in [-0.4, -0.2) is 31.5 Å². The van der Waals surface area contributed by atoms with Gasteiger partial charge in [0, 0.05) is 18.3 Å². The molecule has 27 heavy (non-hydrogen) atoms. The van der Waals surface area contributed by atoms with Crippen molar-refractivity contribution in [2.45, 2.75) is 44.7 Å². The van der Waals surface area contributed by atoms with Crippen LogP contribution in [-0.2, 0) is 0 Å². The summed E-state index contributed by atoms with van der Waals surface area (Å²) in [4.78, 5) is 24.7. The number of para-hydroxylation sites is 1. The molecule has 7 heteroatoms. The number of hydrogen-bond donors (Lipinski definition) is 2. The molecule has 2 N–H and O–H groups in total. The van der Waals surface area contributed by atoms with Crippen LogP contribution in [0.3, 0.4) is 0 Å². The van der Waals surface area contributed by atoms with E-state index in [-0.39, 0.29) is 23.2 Å². The Kier molecular flexibility index (Phi) is 4.66. The molecule has 0 atom stereocenters. The van der Waals surface area contributed by atoms with Crippen molar-refractivity contribution in [3.05, 3.63) is 70.4 Å². The maximum absolute atomic E-state index is 12.6. The Balaban J connectivity index is 1.38. The van der Waals surface area contributed by atoms with Crippen molar-refractivity contribution in [1.29, 1.82) is 0 Å². The summed E-state index contributed by atoms with van der Waals surface area (Å²) in [5.41, 5.74) is 1.91. The number of benzene rings is 1. The first kappa shape index (κ1) is 17.3. The zero-order chi connectivity index (χ0) is 18.8. The smallest absolute Gasteiger partial charge is 0.271 e. The molecule has 1 amide bonds. The largest absolute Gasteiger partial charge is 0.348 e. The zero-order valence-corrected chi connectivity index (χ0v) is 15.3. The molecule has 1 aliphatic rings. The molecule has 0 saturated heterocycles. The van der Waals surface area contributed by atoms with E-state index in [4.69, 9.17) is 0 Å². The molecular weight excluding hydrogens is 342 g/mol. The van der Waals surface area contributed by atoms with Crippen LogP contribution >= 0.6 is 0 Å². The quantitative estimate of drug-likeness (QED) is 0.745. The number of H-pyrrole nitrogens is 1. The van der Waals surface area contributed by atoms with Crippen LogP contribution in [0.25, 0.3) is 5.69 Å². The molecule has 2 heterocycles. The molecule has 0 bridgehead atoms. The standard InChI is InChI=1S/C20H23N5O2/c1-14-12-21-24(13-14)16-9-7-15(8-10-16)22-20(27)18-11-19(26)25(23-18)17-5-3-2-4-6-17/h2-6,11-13,15-16,23H,7-10H2,1H3,(H,22,27). The number of nitrogens with zero attached hydrogens (tertiary/aromatic N) is 3. The minimum atomic E-state index is -0.246. The summed E-state index contributed by atoms with van der Waals surface area (Å²) in [7, 11) is 0. The molecule has 0 unspecified atom stereocenters. The Morgan fingerprint density at radius 3 is 2.59 bits per heavy atom. The summed E-state index contributed by atoms with van der Waals surface area (Å²) in [6.45, 7) is 2.04. The highest BCUT2D eigenvalue weighted by molar-refractivity contribution is 5.92. The molecule has 1 aromatic carbocycles. The molecule has 4 rings (SSSR count). The van der Waals surface area contributed by atoms with E-state index in [9.17, 15) is 9.59 Å². The van der Waals surface area contributed by atoms with Crippen LogP contribution in [0.1, 0.15) is 47.8 Å². The Labute approximate surface area is 157 Å². The van der Waals surface area contributed by atoms with Gasteiger partial charge in [-0.25, -0.2) is 4.68 Å². The highest BCUT2D eigenvalue weighted by Gasteiger charge is 2.25. The first-order valence-corrected chi connectivity index (χ1v) is 9.29. The fourth-order valence-corrected chi connectivity index (χ4v) is 3.66. The van der Waals surface area contributed by atoms with E-state index in [1.807, 2.05) is 48.1 Å². The highest BCUT2D eigenvalue weighted by atomic mass is 16.2. The lowest BCUT2D eigenvalue weighted by molar-refractivity contribution is 0.0916. The third-order valence-electron chi connectivity index (χ3n) is 5.12. The van der Waals surface area contributed by atoms with Crippen LogP contribution in [0.5, 0.6) is 0 Å². The fourth-order valence-electron chi connectivity index (χ4n) is 3.66. The number of amides is 1. The number of nitrogens with one attached hydrogen (secondary N) is 2. The number of rotatable bonds is 4. The van der Waals surface area contributed by atoms with E-state index in [0.29, 0.717) is 11.7 Å². The molecule has 1 aliphatic carbocycles. The van der Waals surface area contributed by atoms with Gasteiger partial charge in [-0.2, -0.15) is 5.10 Å². The van der Waals surface area contributed by atoms with Crippen LogP contribution < -0.4 is 10.9 Å². The van der Waals surface area contributed by atoms with Gasteiger partial charge in [0.2, 0.25) is 0 Å². The lowest BCUT2D eigenvalue weighted by Crippen LogP contribution is -2.38. The second-order valence-corrected chi connectivity index (χ2v) is 7.16. The Hall–Kier alpha value is -3.09. The topological polar surface area (TPSA) is 84.7 Å². The van der Waals surface area contributed by atoms with Crippen LogP contribution in [0, 0.1) is 6.92 Å². The van der Waals surface area contributed by atoms with Crippen LogP contribution in [0.2, 0.25) is 0 Å². The van der Waals surface area contributed by atoms with Crippen molar-refractivity contribution in [2.75, 3.05) is 0 Å². The van der Waals surface area contributed by atoms with E-state index in [0.717, 1.165) is 31.2 Å². The lowest BCUT2D eigenvalue weighted by atomic mass is 9.91. The number of aromatic amines is 1. The Bertz CT molecular complexity index is 977. The normalized spacial score (nSPS) is 19.7. The minimum absolute atomic E-state index is 0.119. The van der Waals surface area contributed by atoms with Gasteiger partial charge < -0.3 is 5.32 Å². The van der Waals surface area contributed by atoms with Crippen LogP contribution in [0.4, 0.5) is 0 Å². The minimum Gasteiger partial charge on any atom is -0.348 e. The SMILES string of the molecule is Cc1cnn(C2CCC(NC(=O)c3cc(=O)n(-c4ccccc4)[nH]3)CC2)c1. The molecule has 2 aromatic heterocycles. The van der Waals surface area contributed by atoms with E-state index >= 15 is 0 Å². The number of aryl methyl sites for hydroxylation is 1. The maximum atomic E-state index is 12.6. The molecule has 0 radical (unpaired) electrons. The molecule has 1 saturated carbocycles. The molecule has 0 spiro atoms. The summed E-state index contributed by atoms with van der Waals surface area (Å²) < 4.78 is 3.41. The molecule has 7 nitrogen and oxygen atoms in total. The monoisotopic (exact) mass is 365 g/mol.